The van der Waals surface area contributed by atoms with Crippen LogP contribution in [0.25, 0.3) is 0 Å². The summed E-state index contributed by atoms with van der Waals surface area (Å²) in [5, 5.41) is 18.4. The van der Waals surface area contributed by atoms with E-state index in [1.54, 1.807) is 0 Å². The molecule has 0 saturated carbocycles. The first-order valence-corrected chi connectivity index (χ1v) is 28.3. The molecule has 0 aromatic heterocycles. The average Bonchev–Trinajstić information content (AvgIpc) is 3.28. The van der Waals surface area contributed by atoms with E-state index in [4.69, 9.17) is 23.6 Å². The van der Waals surface area contributed by atoms with E-state index in [1.807, 2.05) is 0 Å². The smallest absolute Gasteiger partial charge is 0.457 e. The predicted molar refractivity (Wildman–Crippen MR) is 265 cm³/mol. The van der Waals surface area contributed by atoms with Crippen LogP contribution < -0.4 is 0 Å². The lowest BCUT2D eigenvalue weighted by atomic mass is 10.0. The van der Waals surface area contributed by atoms with Crippen LogP contribution in [-0.2, 0) is 27.9 Å². The van der Waals surface area contributed by atoms with E-state index in [2.05, 4.69) is 38.2 Å². The number of rotatable bonds is 52. The first-order valence-electron chi connectivity index (χ1n) is 26.8. The Morgan fingerprint density at radius 3 is 1.27 bits per heavy atom. The molecule has 3 N–H and O–H groups in total. The fourth-order valence-corrected chi connectivity index (χ4v) is 8.59. The van der Waals surface area contributed by atoms with Gasteiger partial charge in [-0.25, -0.2) is 4.57 Å². The molecule has 0 amide bonds. The number of carbonyl (C=O) groups is 1. The number of ether oxygens (including phenoxy) is 2. The Labute approximate surface area is 389 Å². The monoisotopic (exact) mass is 915 g/mol. The van der Waals surface area contributed by atoms with E-state index >= 15 is 0 Å². The van der Waals surface area contributed by atoms with Crippen LogP contribution in [0.3, 0.4) is 0 Å². The molecule has 0 fully saturated rings. The van der Waals surface area contributed by atoms with E-state index in [0.717, 1.165) is 44.9 Å². The zero-order chi connectivity index (χ0) is 46.0. The molecule has 0 bridgehead atoms. The number of allylic oxidation sites excluding steroid dienone is 4. The zero-order valence-electron chi connectivity index (χ0n) is 41.3. The van der Waals surface area contributed by atoms with Crippen molar-refractivity contribution in [2.45, 2.75) is 276 Å². The molecular formula is C53H103O9P. The summed E-state index contributed by atoms with van der Waals surface area (Å²) in [5.41, 5.74) is 0. The van der Waals surface area contributed by atoms with E-state index in [-0.39, 0.29) is 25.6 Å². The van der Waals surface area contributed by atoms with Gasteiger partial charge >= 0.3 is 13.8 Å². The molecule has 63 heavy (non-hydrogen) atoms. The van der Waals surface area contributed by atoms with Crippen LogP contribution in [0.5, 0.6) is 0 Å². The van der Waals surface area contributed by atoms with Gasteiger partial charge in [0.25, 0.3) is 0 Å². The summed E-state index contributed by atoms with van der Waals surface area (Å²) in [6.45, 7) is 3.57. The van der Waals surface area contributed by atoms with Gasteiger partial charge in [-0.05, 0) is 44.9 Å². The van der Waals surface area contributed by atoms with Gasteiger partial charge in [0.2, 0.25) is 0 Å². The highest BCUT2D eigenvalue weighted by Gasteiger charge is 2.26. The summed E-state index contributed by atoms with van der Waals surface area (Å²) < 4.78 is 33.6. The lowest BCUT2D eigenvalue weighted by Crippen LogP contribution is -2.29. The Kier molecular flexibility index (Phi) is 49.5. The molecule has 9 nitrogen and oxygen atoms in total. The summed E-state index contributed by atoms with van der Waals surface area (Å²) >= 11 is 0. The van der Waals surface area contributed by atoms with Crippen molar-refractivity contribution in [1.29, 1.82) is 0 Å². The quantitative estimate of drug-likeness (QED) is 0.0236. The molecule has 0 spiro atoms. The van der Waals surface area contributed by atoms with Gasteiger partial charge in [0.05, 0.1) is 26.4 Å². The third kappa shape index (κ3) is 50.2. The second-order valence-electron chi connectivity index (χ2n) is 18.3. The van der Waals surface area contributed by atoms with Crippen LogP contribution in [0, 0.1) is 0 Å². The van der Waals surface area contributed by atoms with E-state index < -0.39 is 33.2 Å². The summed E-state index contributed by atoms with van der Waals surface area (Å²) in [6.07, 6.45) is 55.8. The normalized spacial score (nSPS) is 13.9. The minimum Gasteiger partial charge on any atom is -0.457 e. The maximum atomic E-state index is 12.7. The van der Waals surface area contributed by atoms with E-state index in [0.29, 0.717) is 6.61 Å². The molecular weight excluding hydrogens is 812 g/mol. The molecule has 3 atom stereocenters. The summed E-state index contributed by atoms with van der Waals surface area (Å²) in [6, 6.07) is 0. The van der Waals surface area contributed by atoms with Gasteiger partial charge in [-0.15, -0.1) is 0 Å². The topological polar surface area (TPSA) is 132 Å². The first-order chi connectivity index (χ1) is 30.8. The van der Waals surface area contributed by atoms with Gasteiger partial charge in [-0.1, -0.05) is 237 Å². The van der Waals surface area contributed by atoms with Crippen molar-refractivity contribution in [1.82, 2.24) is 0 Å². The molecule has 0 aliphatic heterocycles. The Morgan fingerprint density at radius 1 is 0.492 bits per heavy atom. The summed E-state index contributed by atoms with van der Waals surface area (Å²) in [7, 11) is -4.52. The Hall–Kier alpha value is -1.06. The van der Waals surface area contributed by atoms with Gasteiger partial charge in [0.1, 0.15) is 12.2 Å². The maximum absolute atomic E-state index is 12.7. The number of carbonyl (C=O) groups excluding carboxylic acids is 1. The predicted octanol–water partition coefficient (Wildman–Crippen LogP) is 15.8. The molecule has 0 rings (SSSR count). The number of unbranched alkanes of at least 4 members (excludes halogenated alkanes) is 34. The van der Waals surface area contributed by atoms with Crippen LogP contribution in [0.15, 0.2) is 24.3 Å². The van der Waals surface area contributed by atoms with E-state index in [9.17, 15) is 19.4 Å². The van der Waals surface area contributed by atoms with Crippen LogP contribution in [0.1, 0.15) is 264 Å². The minimum atomic E-state index is -4.52. The second-order valence-corrected chi connectivity index (χ2v) is 19.7. The number of esters is 1. The Morgan fingerprint density at radius 2 is 0.857 bits per heavy atom. The van der Waals surface area contributed by atoms with Gasteiger partial charge in [0, 0.05) is 13.0 Å². The highest BCUT2D eigenvalue weighted by Crippen LogP contribution is 2.43. The average molecular weight is 915 g/mol. The minimum absolute atomic E-state index is 0.0534. The number of aliphatic hydroxyl groups is 2. The first kappa shape index (κ1) is 61.9. The molecule has 0 radical (unpaired) electrons. The molecule has 0 aromatic rings. The number of hydrogen-bond donors (Lipinski definition) is 3. The Balaban J connectivity index is 4.01. The fraction of sp³-hybridized carbons (Fsp3) is 0.906. The lowest BCUT2D eigenvalue weighted by molar-refractivity contribution is -0.154. The zero-order valence-corrected chi connectivity index (χ0v) is 42.2. The largest absolute Gasteiger partial charge is 0.472 e. The van der Waals surface area contributed by atoms with Gasteiger partial charge < -0.3 is 24.6 Å². The maximum Gasteiger partial charge on any atom is 0.472 e. The molecule has 374 valence electrons. The highest BCUT2D eigenvalue weighted by atomic mass is 31.2. The van der Waals surface area contributed by atoms with E-state index in [1.165, 1.54) is 199 Å². The standard InChI is InChI=1S/C53H103O9P/c1-3-5-7-9-11-13-15-17-19-21-23-24-25-26-27-28-30-32-34-36-38-40-42-44-46-59-49-52(50-61-63(57,58)60-48-51(55)47-54)62-53(56)45-43-41-39-37-35-33-31-29-22-20-18-16-14-12-10-8-6-4-2/h15,17,21,23,51-52,54-55H,3-14,16,18-20,22,24-50H2,1-2H3,(H,57,58)/b17-15-,23-21-. The van der Waals surface area contributed by atoms with Crippen molar-refractivity contribution in [2.24, 2.45) is 0 Å². The van der Waals surface area contributed by atoms with Gasteiger partial charge in [-0.2, -0.15) is 0 Å². The van der Waals surface area contributed by atoms with Gasteiger partial charge in [0.15, 0.2) is 0 Å². The number of phosphoric ester groups is 1. The van der Waals surface area contributed by atoms with Crippen LogP contribution in [-0.4, -0.2) is 66.3 Å². The Bertz CT molecular complexity index is 1040. The molecule has 0 aliphatic rings. The number of aliphatic hydroxyl groups excluding tert-OH is 2. The third-order valence-electron chi connectivity index (χ3n) is 11.9. The molecule has 0 heterocycles. The van der Waals surface area contributed by atoms with Crippen LogP contribution >= 0.6 is 7.82 Å². The van der Waals surface area contributed by atoms with Gasteiger partial charge in [-0.3, -0.25) is 13.8 Å². The third-order valence-corrected chi connectivity index (χ3v) is 12.8. The van der Waals surface area contributed by atoms with Crippen molar-refractivity contribution >= 4 is 13.8 Å². The van der Waals surface area contributed by atoms with Crippen molar-refractivity contribution in [3.8, 4) is 0 Å². The van der Waals surface area contributed by atoms with Crippen molar-refractivity contribution in [3.63, 3.8) is 0 Å². The number of hydrogen-bond acceptors (Lipinski definition) is 8. The lowest BCUT2D eigenvalue weighted by Gasteiger charge is -2.20. The molecule has 3 unspecified atom stereocenters. The van der Waals surface area contributed by atoms with Crippen molar-refractivity contribution in [3.05, 3.63) is 24.3 Å². The molecule has 0 aliphatic carbocycles. The second kappa shape index (κ2) is 50.4. The molecule has 0 aromatic carbocycles. The molecule has 0 saturated heterocycles. The van der Waals surface area contributed by atoms with Crippen LogP contribution in [0.2, 0.25) is 0 Å². The molecule has 10 heteroatoms. The fourth-order valence-electron chi connectivity index (χ4n) is 7.80. The summed E-state index contributed by atoms with van der Waals surface area (Å²) in [4.78, 5) is 22.7. The number of phosphoric acid groups is 1. The van der Waals surface area contributed by atoms with Crippen molar-refractivity contribution < 1.29 is 43.0 Å². The SMILES string of the molecule is CCCCCCC/C=C\C/C=C\CCCCCCCCCCCCCCOCC(COP(=O)(O)OCC(O)CO)OC(=O)CCCCCCCCCCCCCCCCCCCC. The van der Waals surface area contributed by atoms with Crippen LogP contribution in [0.4, 0.5) is 0 Å². The van der Waals surface area contributed by atoms with Crippen molar-refractivity contribution in [2.75, 3.05) is 33.0 Å². The highest BCUT2D eigenvalue weighted by molar-refractivity contribution is 7.47. The summed E-state index contributed by atoms with van der Waals surface area (Å²) in [5.74, 6) is -0.377.